The quantitative estimate of drug-likeness (QED) is 0.484. The summed E-state index contributed by atoms with van der Waals surface area (Å²) in [6.07, 6.45) is 2.04. The Kier molecular flexibility index (Phi) is 9.47. The molecule has 1 aliphatic rings. The number of rotatable bonds is 11. The SMILES string of the molecule is CCOC(=O)CCC(=O)Nc1ccc(N(C)C)c(CN(CC2CCCO2)C(=O)c2cccs2)c1. The standard InChI is InChI=1S/C25H33N3O5S/c1-4-32-24(30)12-11-23(29)26-19-9-10-21(27(2)3)18(15-19)16-28(17-20-7-5-13-33-20)25(31)22-8-6-14-34-22/h6,8-10,14-15,20H,4-5,7,11-13,16-17H2,1-3H3,(H,26,29). The maximum Gasteiger partial charge on any atom is 0.306 e. The molecule has 0 radical (unpaired) electrons. The lowest BCUT2D eigenvalue weighted by Crippen LogP contribution is -2.37. The molecule has 2 heterocycles. The van der Waals surface area contributed by atoms with Gasteiger partial charge in [0.2, 0.25) is 5.91 Å². The highest BCUT2D eigenvalue weighted by Gasteiger charge is 2.25. The van der Waals surface area contributed by atoms with E-state index in [1.807, 2.05) is 59.6 Å². The summed E-state index contributed by atoms with van der Waals surface area (Å²) in [6, 6.07) is 9.35. The number of nitrogens with zero attached hydrogens (tertiary/aromatic N) is 2. The molecule has 184 valence electrons. The molecule has 2 amide bonds. The van der Waals surface area contributed by atoms with E-state index in [9.17, 15) is 14.4 Å². The Hall–Kier alpha value is -2.91. The highest BCUT2D eigenvalue weighted by molar-refractivity contribution is 7.12. The Labute approximate surface area is 204 Å². The maximum absolute atomic E-state index is 13.3. The van der Waals surface area contributed by atoms with Gasteiger partial charge in [-0.1, -0.05) is 6.07 Å². The van der Waals surface area contributed by atoms with Crippen LogP contribution in [-0.2, 0) is 25.6 Å². The summed E-state index contributed by atoms with van der Waals surface area (Å²) >= 11 is 1.42. The largest absolute Gasteiger partial charge is 0.466 e. The third-order valence-corrected chi connectivity index (χ3v) is 6.39. The van der Waals surface area contributed by atoms with E-state index in [0.29, 0.717) is 30.3 Å². The molecule has 0 aliphatic carbocycles. The van der Waals surface area contributed by atoms with Crippen LogP contribution in [-0.4, -0.2) is 62.6 Å². The summed E-state index contributed by atoms with van der Waals surface area (Å²) in [5.74, 6) is -0.681. The van der Waals surface area contributed by atoms with E-state index in [0.717, 1.165) is 30.7 Å². The number of thiophene rings is 1. The van der Waals surface area contributed by atoms with Crippen molar-refractivity contribution < 1.29 is 23.9 Å². The Morgan fingerprint density at radius 1 is 1.21 bits per heavy atom. The van der Waals surface area contributed by atoms with Gasteiger partial charge in [0.05, 0.1) is 24.0 Å². The monoisotopic (exact) mass is 487 g/mol. The van der Waals surface area contributed by atoms with Crippen molar-refractivity contribution in [1.82, 2.24) is 4.90 Å². The molecular formula is C25H33N3O5S. The van der Waals surface area contributed by atoms with Crippen molar-refractivity contribution in [2.45, 2.75) is 45.3 Å². The van der Waals surface area contributed by atoms with Gasteiger partial charge in [0.25, 0.3) is 5.91 Å². The minimum absolute atomic E-state index is 0.0254. The fourth-order valence-corrected chi connectivity index (χ4v) is 4.60. The van der Waals surface area contributed by atoms with Crippen LogP contribution in [0.5, 0.6) is 0 Å². The zero-order chi connectivity index (χ0) is 24.5. The topological polar surface area (TPSA) is 88.2 Å². The van der Waals surface area contributed by atoms with Gasteiger partial charge in [-0.25, -0.2) is 0 Å². The molecule has 9 heteroatoms. The molecule has 1 aromatic carbocycles. The lowest BCUT2D eigenvalue weighted by Gasteiger charge is -2.28. The second-order valence-corrected chi connectivity index (χ2v) is 9.34. The number of carbonyl (C=O) groups excluding carboxylic acids is 3. The molecule has 1 fully saturated rings. The molecule has 0 bridgehead atoms. The Balaban J connectivity index is 1.77. The first-order chi connectivity index (χ1) is 16.4. The molecule has 34 heavy (non-hydrogen) atoms. The van der Waals surface area contributed by atoms with Gasteiger partial charge in [-0.15, -0.1) is 11.3 Å². The highest BCUT2D eigenvalue weighted by atomic mass is 32.1. The van der Waals surface area contributed by atoms with Crippen molar-refractivity contribution >= 4 is 40.5 Å². The molecule has 0 saturated carbocycles. The van der Waals surface area contributed by atoms with Crippen molar-refractivity contribution in [2.75, 3.05) is 44.1 Å². The van der Waals surface area contributed by atoms with E-state index in [2.05, 4.69) is 5.32 Å². The van der Waals surface area contributed by atoms with Gasteiger partial charge in [-0.05, 0) is 55.0 Å². The maximum atomic E-state index is 13.3. The van der Waals surface area contributed by atoms with Gasteiger partial charge in [-0.2, -0.15) is 0 Å². The van der Waals surface area contributed by atoms with Gasteiger partial charge in [0.1, 0.15) is 0 Å². The summed E-state index contributed by atoms with van der Waals surface area (Å²) in [7, 11) is 3.89. The molecule has 1 atom stereocenters. The summed E-state index contributed by atoms with van der Waals surface area (Å²) in [5.41, 5.74) is 2.49. The summed E-state index contributed by atoms with van der Waals surface area (Å²) in [4.78, 5) is 41.7. The third-order valence-electron chi connectivity index (χ3n) is 5.53. The Morgan fingerprint density at radius 2 is 2.03 bits per heavy atom. The van der Waals surface area contributed by atoms with E-state index < -0.39 is 5.97 Å². The normalized spacial score (nSPS) is 15.1. The van der Waals surface area contributed by atoms with Crippen molar-refractivity contribution in [3.05, 3.63) is 46.2 Å². The molecular weight excluding hydrogens is 454 g/mol. The molecule has 1 aromatic heterocycles. The fraction of sp³-hybridized carbons (Fsp3) is 0.480. The van der Waals surface area contributed by atoms with E-state index in [-0.39, 0.29) is 30.8 Å². The lowest BCUT2D eigenvalue weighted by molar-refractivity contribution is -0.144. The van der Waals surface area contributed by atoms with Crippen LogP contribution in [0, 0.1) is 0 Å². The number of ether oxygens (including phenoxy) is 2. The van der Waals surface area contributed by atoms with Crippen LogP contribution in [0.25, 0.3) is 0 Å². The second kappa shape index (κ2) is 12.5. The molecule has 1 N–H and O–H groups in total. The number of anilines is 2. The predicted octanol–water partition coefficient (Wildman–Crippen LogP) is 3.92. The Morgan fingerprint density at radius 3 is 2.68 bits per heavy atom. The van der Waals surface area contributed by atoms with E-state index in [1.54, 1.807) is 6.92 Å². The molecule has 0 spiro atoms. The number of hydrogen-bond donors (Lipinski definition) is 1. The smallest absolute Gasteiger partial charge is 0.306 e. The number of carbonyl (C=O) groups is 3. The molecule has 8 nitrogen and oxygen atoms in total. The highest BCUT2D eigenvalue weighted by Crippen LogP contribution is 2.27. The fourth-order valence-electron chi connectivity index (χ4n) is 3.91. The van der Waals surface area contributed by atoms with Gasteiger partial charge in [-0.3, -0.25) is 14.4 Å². The second-order valence-electron chi connectivity index (χ2n) is 8.39. The van der Waals surface area contributed by atoms with Crippen LogP contribution < -0.4 is 10.2 Å². The molecule has 1 unspecified atom stereocenters. The zero-order valence-electron chi connectivity index (χ0n) is 20.0. The van der Waals surface area contributed by atoms with Crippen LogP contribution in [0.2, 0.25) is 0 Å². The molecule has 3 rings (SSSR count). The van der Waals surface area contributed by atoms with Crippen molar-refractivity contribution in [1.29, 1.82) is 0 Å². The first kappa shape index (κ1) is 25.7. The van der Waals surface area contributed by atoms with Crippen LogP contribution >= 0.6 is 11.3 Å². The minimum atomic E-state index is -0.391. The summed E-state index contributed by atoms with van der Waals surface area (Å²) in [5, 5.41) is 4.76. The van der Waals surface area contributed by atoms with E-state index >= 15 is 0 Å². The number of hydrogen-bond acceptors (Lipinski definition) is 7. The van der Waals surface area contributed by atoms with E-state index in [1.165, 1.54) is 11.3 Å². The van der Waals surface area contributed by atoms with Crippen molar-refractivity contribution in [3.63, 3.8) is 0 Å². The van der Waals surface area contributed by atoms with E-state index in [4.69, 9.17) is 9.47 Å². The van der Waals surface area contributed by atoms with Crippen LogP contribution in [0.1, 0.15) is 47.8 Å². The van der Waals surface area contributed by atoms with Gasteiger partial charge in [0.15, 0.2) is 0 Å². The predicted molar refractivity (Wildman–Crippen MR) is 133 cm³/mol. The van der Waals surface area contributed by atoms with Gasteiger partial charge in [0, 0.05) is 51.6 Å². The lowest BCUT2D eigenvalue weighted by atomic mass is 10.1. The van der Waals surface area contributed by atoms with Gasteiger partial charge < -0.3 is 24.6 Å². The number of amides is 2. The first-order valence-electron chi connectivity index (χ1n) is 11.6. The molecule has 2 aromatic rings. The van der Waals surface area contributed by atoms with Crippen LogP contribution in [0.4, 0.5) is 11.4 Å². The van der Waals surface area contributed by atoms with Crippen LogP contribution in [0.3, 0.4) is 0 Å². The minimum Gasteiger partial charge on any atom is -0.466 e. The number of esters is 1. The van der Waals surface area contributed by atoms with Crippen molar-refractivity contribution in [3.8, 4) is 0 Å². The van der Waals surface area contributed by atoms with Gasteiger partial charge >= 0.3 is 5.97 Å². The first-order valence-corrected chi connectivity index (χ1v) is 12.5. The number of benzene rings is 1. The van der Waals surface area contributed by atoms with Crippen LogP contribution in [0.15, 0.2) is 35.7 Å². The molecule has 1 saturated heterocycles. The average molecular weight is 488 g/mol. The molecule has 1 aliphatic heterocycles. The Bertz CT molecular complexity index is 971. The average Bonchev–Trinajstić information content (AvgIpc) is 3.51. The summed E-state index contributed by atoms with van der Waals surface area (Å²) in [6.45, 7) is 3.65. The number of nitrogens with one attached hydrogen (secondary N) is 1. The zero-order valence-corrected chi connectivity index (χ0v) is 20.9. The summed E-state index contributed by atoms with van der Waals surface area (Å²) < 4.78 is 10.7. The third kappa shape index (κ3) is 7.30. The van der Waals surface area contributed by atoms with Crippen molar-refractivity contribution in [2.24, 2.45) is 0 Å².